The van der Waals surface area contributed by atoms with Gasteiger partial charge in [0.05, 0.1) is 17.7 Å². The Balaban J connectivity index is 2.29. The highest BCUT2D eigenvalue weighted by molar-refractivity contribution is 6.08. The maximum atomic E-state index is 12.5. The lowest BCUT2D eigenvalue weighted by Gasteiger charge is -2.27. The molecule has 1 amide bonds. The lowest BCUT2D eigenvalue weighted by Crippen LogP contribution is -2.32. The fraction of sp³-hybridized carbons (Fsp3) is 0.474. The van der Waals surface area contributed by atoms with Crippen LogP contribution in [-0.2, 0) is 14.3 Å². The summed E-state index contributed by atoms with van der Waals surface area (Å²) in [5.41, 5.74) is 0.805. The molecule has 0 aromatic heterocycles. The number of ether oxygens (including phenoxy) is 1. The number of carbonyl (C=O) groups is 2. The highest BCUT2D eigenvalue weighted by atomic mass is 16.5. The zero-order valence-corrected chi connectivity index (χ0v) is 14.9. The van der Waals surface area contributed by atoms with E-state index >= 15 is 0 Å². The number of phenolic OH excluding ortho intramolecular Hbond substituents is 1. The van der Waals surface area contributed by atoms with Crippen molar-refractivity contribution in [1.82, 2.24) is 4.90 Å². The Hall–Kier alpha value is -2.34. The molecule has 6 heteroatoms. The van der Waals surface area contributed by atoms with Crippen molar-refractivity contribution in [2.24, 2.45) is 0 Å². The van der Waals surface area contributed by atoms with Crippen LogP contribution in [0, 0.1) is 0 Å². The minimum atomic E-state index is -0.639. The van der Waals surface area contributed by atoms with Gasteiger partial charge in [0, 0.05) is 19.6 Å². The van der Waals surface area contributed by atoms with Crippen LogP contribution in [0.5, 0.6) is 5.75 Å². The summed E-state index contributed by atoms with van der Waals surface area (Å²) < 4.78 is 5.50. The lowest BCUT2D eigenvalue weighted by atomic mass is 9.95. The summed E-state index contributed by atoms with van der Waals surface area (Å²) >= 11 is 0. The van der Waals surface area contributed by atoms with Gasteiger partial charge in [0.1, 0.15) is 5.75 Å². The van der Waals surface area contributed by atoms with Gasteiger partial charge in [-0.15, -0.1) is 0 Å². The summed E-state index contributed by atoms with van der Waals surface area (Å²) in [6.45, 7) is 6.42. The SMILES string of the molecule is CCC(=O)C1=C(O)C(=O)N(CCCOC(C)C)C1c1ccc(O)cc1. The van der Waals surface area contributed by atoms with E-state index in [-0.39, 0.29) is 29.6 Å². The van der Waals surface area contributed by atoms with Gasteiger partial charge < -0.3 is 19.8 Å². The fourth-order valence-electron chi connectivity index (χ4n) is 2.92. The minimum absolute atomic E-state index is 0.0986. The molecule has 25 heavy (non-hydrogen) atoms. The van der Waals surface area contributed by atoms with Gasteiger partial charge in [0.25, 0.3) is 5.91 Å². The predicted molar refractivity (Wildman–Crippen MR) is 93.2 cm³/mol. The van der Waals surface area contributed by atoms with Gasteiger partial charge in [0.15, 0.2) is 11.5 Å². The van der Waals surface area contributed by atoms with Crippen molar-refractivity contribution in [2.75, 3.05) is 13.2 Å². The molecule has 0 saturated carbocycles. The molecule has 2 N–H and O–H groups in total. The van der Waals surface area contributed by atoms with Crippen LogP contribution in [-0.4, -0.2) is 46.1 Å². The van der Waals surface area contributed by atoms with E-state index in [0.717, 1.165) is 0 Å². The van der Waals surface area contributed by atoms with E-state index in [2.05, 4.69) is 0 Å². The van der Waals surface area contributed by atoms with Crippen molar-refractivity contribution in [1.29, 1.82) is 0 Å². The van der Waals surface area contributed by atoms with Crippen LogP contribution in [0.4, 0.5) is 0 Å². The average Bonchev–Trinajstić information content (AvgIpc) is 2.83. The Morgan fingerprint density at radius 3 is 2.44 bits per heavy atom. The summed E-state index contributed by atoms with van der Waals surface area (Å²) in [6, 6.07) is 5.69. The van der Waals surface area contributed by atoms with Crippen LogP contribution >= 0.6 is 0 Å². The number of aliphatic hydroxyl groups is 1. The molecule has 1 heterocycles. The molecule has 1 unspecified atom stereocenters. The molecule has 1 aromatic carbocycles. The number of aromatic hydroxyl groups is 1. The second-order valence-electron chi connectivity index (χ2n) is 6.30. The van der Waals surface area contributed by atoms with E-state index in [9.17, 15) is 19.8 Å². The first-order chi connectivity index (χ1) is 11.9. The normalized spacial score (nSPS) is 17.7. The first-order valence-corrected chi connectivity index (χ1v) is 8.54. The number of amides is 1. The van der Waals surface area contributed by atoms with Crippen molar-refractivity contribution in [3.8, 4) is 5.75 Å². The molecule has 1 aliphatic rings. The molecule has 0 spiro atoms. The molecular weight excluding hydrogens is 322 g/mol. The predicted octanol–water partition coefficient (Wildman–Crippen LogP) is 2.88. The highest BCUT2D eigenvalue weighted by Gasteiger charge is 2.42. The second kappa shape index (κ2) is 8.16. The monoisotopic (exact) mass is 347 g/mol. The summed E-state index contributed by atoms with van der Waals surface area (Å²) in [7, 11) is 0. The third-order valence-corrected chi connectivity index (χ3v) is 4.13. The van der Waals surface area contributed by atoms with E-state index in [1.807, 2.05) is 13.8 Å². The molecule has 1 aromatic rings. The first-order valence-electron chi connectivity index (χ1n) is 8.54. The molecule has 0 fully saturated rings. The van der Waals surface area contributed by atoms with Gasteiger partial charge in [-0.25, -0.2) is 0 Å². The Bertz CT molecular complexity index is 663. The van der Waals surface area contributed by atoms with E-state index in [1.165, 1.54) is 17.0 Å². The van der Waals surface area contributed by atoms with E-state index in [0.29, 0.717) is 25.1 Å². The van der Waals surface area contributed by atoms with Crippen LogP contribution in [0.3, 0.4) is 0 Å². The Morgan fingerprint density at radius 2 is 1.88 bits per heavy atom. The molecule has 0 saturated heterocycles. The third kappa shape index (κ3) is 4.20. The molecule has 0 aliphatic carbocycles. The molecule has 136 valence electrons. The van der Waals surface area contributed by atoms with Crippen molar-refractivity contribution >= 4 is 11.7 Å². The number of Topliss-reactive ketones (excluding diaryl/α,β-unsaturated/α-hetero) is 1. The van der Waals surface area contributed by atoms with Gasteiger partial charge in [0.2, 0.25) is 0 Å². The van der Waals surface area contributed by atoms with Crippen LogP contribution < -0.4 is 0 Å². The van der Waals surface area contributed by atoms with Crippen LogP contribution in [0.2, 0.25) is 0 Å². The summed E-state index contributed by atoms with van der Waals surface area (Å²) in [5, 5.41) is 19.7. The van der Waals surface area contributed by atoms with Gasteiger partial charge in [-0.3, -0.25) is 9.59 Å². The number of nitrogens with zero attached hydrogens (tertiary/aromatic N) is 1. The first kappa shape index (κ1) is 19.0. The van der Waals surface area contributed by atoms with Crippen molar-refractivity contribution in [3.63, 3.8) is 0 Å². The van der Waals surface area contributed by atoms with E-state index in [1.54, 1.807) is 19.1 Å². The smallest absolute Gasteiger partial charge is 0.290 e. The largest absolute Gasteiger partial charge is 0.508 e. The number of ketones is 1. The second-order valence-corrected chi connectivity index (χ2v) is 6.30. The zero-order valence-electron chi connectivity index (χ0n) is 14.9. The van der Waals surface area contributed by atoms with E-state index < -0.39 is 17.7 Å². The number of carbonyl (C=O) groups excluding carboxylic acids is 2. The van der Waals surface area contributed by atoms with Gasteiger partial charge in [-0.2, -0.15) is 0 Å². The molecule has 2 rings (SSSR count). The minimum Gasteiger partial charge on any atom is -0.508 e. The molecule has 6 nitrogen and oxygen atoms in total. The van der Waals surface area contributed by atoms with Gasteiger partial charge in [-0.1, -0.05) is 19.1 Å². The number of aliphatic hydroxyl groups excluding tert-OH is 1. The zero-order chi connectivity index (χ0) is 18.6. The standard InChI is InChI=1S/C19H25NO5/c1-4-15(22)16-17(13-6-8-14(21)9-7-13)20(19(24)18(16)23)10-5-11-25-12(2)3/h6-9,12,17,21,23H,4-5,10-11H2,1-3H3. The van der Waals surface area contributed by atoms with Gasteiger partial charge >= 0.3 is 0 Å². The molecule has 0 radical (unpaired) electrons. The number of benzene rings is 1. The summed E-state index contributed by atoms with van der Waals surface area (Å²) in [6.07, 6.45) is 0.899. The average molecular weight is 347 g/mol. The van der Waals surface area contributed by atoms with Crippen molar-refractivity contribution in [3.05, 3.63) is 41.2 Å². The van der Waals surface area contributed by atoms with Crippen LogP contribution in [0.25, 0.3) is 0 Å². The maximum absolute atomic E-state index is 12.5. The Labute approximate surface area is 147 Å². The number of hydrogen-bond donors (Lipinski definition) is 2. The summed E-state index contributed by atoms with van der Waals surface area (Å²) in [5.74, 6) is -1.18. The Kier molecular flexibility index (Phi) is 6.20. The Morgan fingerprint density at radius 1 is 1.24 bits per heavy atom. The highest BCUT2D eigenvalue weighted by Crippen LogP contribution is 2.38. The summed E-state index contributed by atoms with van der Waals surface area (Å²) in [4.78, 5) is 26.3. The lowest BCUT2D eigenvalue weighted by molar-refractivity contribution is -0.129. The van der Waals surface area contributed by atoms with Gasteiger partial charge in [-0.05, 0) is 38.0 Å². The fourth-order valence-corrected chi connectivity index (χ4v) is 2.92. The maximum Gasteiger partial charge on any atom is 0.290 e. The molecular formula is C19H25NO5. The van der Waals surface area contributed by atoms with E-state index in [4.69, 9.17) is 4.74 Å². The number of hydrogen-bond acceptors (Lipinski definition) is 5. The number of phenols is 1. The topological polar surface area (TPSA) is 87.1 Å². The molecule has 1 atom stereocenters. The molecule has 1 aliphatic heterocycles. The van der Waals surface area contributed by atoms with Crippen LogP contribution in [0.15, 0.2) is 35.6 Å². The van der Waals surface area contributed by atoms with Crippen molar-refractivity contribution < 1.29 is 24.5 Å². The third-order valence-electron chi connectivity index (χ3n) is 4.13. The quantitative estimate of drug-likeness (QED) is 0.706. The number of rotatable bonds is 8. The van der Waals surface area contributed by atoms with Crippen LogP contribution in [0.1, 0.15) is 45.2 Å². The van der Waals surface area contributed by atoms with Crippen molar-refractivity contribution in [2.45, 2.75) is 45.8 Å². The molecule has 0 bridgehead atoms.